The fourth-order valence-corrected chi connectivity index (χ4v) is 0.717. The molecule has 0 aliphatic carbocycles. The maximum atomic E-state index is 10.3. The number of carbonyl (C=O) groups excluding carboxylic acids is 1. The van der Waals surface area contributed by atoms with Crippen LogP contribution < -0.4 is 5.32 Å². The van der Waals surface area contributed by atoms with Gasteiger partial charge in [0, 0.05) is 18.8 Å². The third-order valence-corrected chi connectivity index (χ3v) is 1.25. The Hall–Kier alpha value is -1.38. The molecule has 0 fully saturated rings. The van der Waals surface area contributed by atoms with Gasteiger partial charge in [0.05, 0.1) is 11.9 Å². The van der Waals surface area contributed by atoms with Gasteiger partial charge >= 0.3 is 0 Å². The molecule has 0 radical (unpaired) electrons. The molecule has 3 nitrogen and oxygen atoms in total. The van der Waals surface area contributed by atoms with E-state index in [0.717, 1.165) is 12.0 Å². The number of aldehydes is 1. The Balaban J connectivity index is 3.08. The van der Waals surface area contributed by atoms with Crippen molar-refractivity contribution in [2.45, 2.75) is 0 Å². The molecule has 0 aromatic carbocycles. The van der Waals surface area contributed by atoms with Gasteiger partial charge < -0.3 is 5.32 Å². The van der Waals surface area contributed by atoms with Crippen LogP contribution in [-0.4, -0.2) is 18.3 Å². The number of pyridine rings is 1. The third-order valence-electron chi connectivity index (χ3n) is 1.25. The summed E-state index contributed by atoms with van der Waals surface area (Å²) in [6.07, 6.45) is 4.00. The Morgan fingerprint density at radius 3 is 3.00 bits per heavy atom. The summed E-state index contributed by atoms with van der Waals surface area (Å²) in [5, 5.41) is 2.85. The fraction of sp³-hybridized carbons (Fsp3) is 0.143. The molecule has 0 bridgehead atoms. The minimum Gasteiger partial charge on any atom is -0.386 e. The van der Waals surface area contributed by atoms with Crippen molar-refractivity contribution in [3.05, 3.63) is 24.0 Å². The van der Waals surface area contributed by atoms with Gasteiger partial charge in [0.1, 0.15) is 0 Å². The number of hydrogen-bond donors (Lipinski definition) is 1. The molecular formula is C7H8N2O. The zero-order valence-corrected chi connectivity index (χ0v) is 5.66. The van der Waals surface area contributed by atoms with E-state index in [0.29, 0.717) is 5.56 Å². The van der Waals surface area contributed by atoms with Gasteiger partial charge in [-0.2, -0.15) is 0 Å². The van der Waals surface area contributed by atoms with E-state index in [1.165, 1.54) is 0 Å². The second-order valence-electron chi connectivity index (χ2n) is 1.83. The highest BCUT2D eigenvalue weighted by molar-refractivity contribution is 5.83. The van der Waals surface area contributed by atoms with Crippen LogP contribution in [0.1, 0.15) is 10.4 Å². The van der Waals surface area contributed by atoms with E-state index >= 15 is 0 Å². The van der Waals surface area contributed by atoms with Crippen molar-refractivity contribution in [2.75, 3.05) is 12.4 Å². The molecular weight excluding hydrogens is 128 g/mol. The van der Waals surface area contributed by atoms with Crippen LogP contribution in [0.3, 0.4) is 0 Å². The van der Waals surface area contributed by atoms with Crippen molar-refractivity contribution in [3.63, 3.8) is 0 Å². The molecule has 10 heavy (non-hydrogen) atoms. The summed E-state index contributed by atoms with van der Waals surface area (Å²) < 4.78 is 0. The average molecular weight is 136 g/mol. The first-order valence-electron chi connectivity index (χ1n) is 2.95. The molecule has 1 N–H and O–H groups in total. The summed E-state index contributed by atoms with van der Waals surface area (Å²) in [7, 11) is 1.75. The van der Waals surface area contributed by atoms with Crippen LogP contribution in [0, 0.1) is 0 Å². The van der Waals surface area contributed by atoms with Gasteiger partial charge in [-0.15, -0.1) is 0 Å². The first-order valence-corrected chi connectivity index (χ1v) is 2.95. The van der Waals surface area contributed by atoms with Crippen LogP contribution in [-0.2, 0) is 0 Å². The molecule has 0 saturated carbocycles. The molecule has 1 aromatic rings. The zero-order chi connectivity index (χ0) is 7.40. The van der Waals surface area contributed by atoms with Gasteiger partial charge in [0.15, 0.2) is 6.29 Å². The van der Waals surface area contributed by atoms with Crippen molar-refractivity contribution in [3.8, 4) is 0 Å². The maximum Gasteiger partial charge on any atom is 0.152 e. The van der Waals surface area contributed by atoms with Gasteiger partial charge in [-0.05, 0) is 6.07 Å². The highest BCUT2D eigenvalue weighted by Crippen LogP contribution is 2.08. The van der Waals surface area contributed by atoms with Crippen molar-refractivity contribution in [1.29, 1.82) is 0 Å². The number of nitrogens with zero attached hydrogens (tertiary/aromatic N) is 1. The predicted octanol–water partition coefficient (Wildman–Crippen LogP) is 0.936. The lowest BCUT2D eigenvalue weighted by molar-refractivity contribution is 0.112. The number of carbonyl (C=O) groups is 1. The molecule has 0 saturated heterocycles. The van der Waals surface area contributed by atoms with E-state index in [9.17, 15) is 4.79 Å². The van der Waals surface area contributed by atoms with E-state index in [-0.39, 0.29) is 0 Å². The first-order chi connectivity index (χ1) is 4.88. The summed E-state index contributed by atoms with van der Waals surface area (Å²) in [4.78, 5) is 14.2. The fourth-order valence-electron chi connectivity index (χ4n) is 0.717. The molecule has 3 heteroatoms. The van der Waals surface area contributed by atoms with Gasteiger partial charge in [-0.25, -0.2) is 0 Å². The molecule has 0 aliphatic heterocycles. The lowest BCUT2D eigenvalue weighted by atomic mass is 10.2. The Bertz CT molecular complexity index is 235. The van der Waals surface area contributed by atoms with Crippen molar-refractivity contribution >= 4 is 12.0 Å². The summed E-state index contributed by atoms with van der Waals surface area (Å²) in [6.45, 7) is 0. The SMILES string of the molecule is CNc1cnccc1C=O. The lowest BCUT2D eigenvalue weighted by Gasteiger charge is -1.99. The number of aromatic nitrogens is 1. The third kappa shape index (κ3) is 1.13. The first kappa shape index (κ1) is 6.74. The molecule has 0 unspecified atom stereocenters. The molecule has 0 spiro atoms. The molecule has 0 aliphatic rings. The van der Waals surface area contributed by atoms with E-state index in [2.05, 4.69) is 10.3 Å². The summed E-state index contributed by atoms with van der Waals surface area (Å²) in [6, 6.07) is 1.67. The van der Waals surface area contributed by atoms with Crippen molar-refractivity contribution in [1.82, 2.24) is 4.98 Å². The number of rotatable bonds is 2. The number of nitrogens with one attached hydrogen (secondary N) is 1. The zero-order valence-electron chi connectivity index (χ0n) is 5.66. The Labute approximate surface area is 59.1 Å². The second-order valence-corrected chi connectivity index (χ2v) is 1.83. The Morgan fingerprint density at radius 1 is 1.70 bits per heavy atom. The van der Waals surface area contributed by atoms with E-state index in [1.54, 1.807) is 25.5 Å². The van der Waals surface area contributed by atoms with Gasteiger partial charge in [0.2, 0.25) is 0 Å². The van der Waals surface area contributed by atoms with Crippen LogP contribution in [0.4, 0.5) is 5.69 Å². The van der Waals surface area contributed by atoms with Gasteiger partial charge in [-0.3, -0.25) is 9.78 Å². The van der Waals surface area contributed by atoms with E-state index in [1.807, 2.05) is 0 Å². The normalized spacial score (nSPS) is 8.90. The van der Waals surface area contributed by atoms with Crippen LogP contribution in [0.5, 0.6) is 0 Å². The summed E-state index contributed by atoms with van der Waals surface area (Å²) in [5.41, 5.74) is 1.40. The molecule has 1 rings (SSSR count). The molecule has 1 aromatic heterocycles. The minimum absolute atomic E-state index is 0.637. The highest BCUT2D eigenvalue weighted by Gasteiger charge is 1.95. The van der Waals surface area contributed by atoms with Gasteiger partial charge in [0.25, 0.3) is 0 Å². The van der Waals surface area contributed by atoms with Crippen LogP contribution >= 0.6 is 0 Å². The quantitative estimate of drug-likeness (QED) is 0.615. The molecule has 1 heterocycles. The van der Waals surface area contributed by atoms with Crippen LogP contribution in [0.2, 0.25) is 0 Å². The number of anilines is 1. The lowest BCUT2D eigenvalue weighted by Crippen LogP contribution is -1.93. The van der Waals surface area contributed by atoms with E-state index in [4.69, 9.17) is 0 Å². The smallest absolute Gasteiger partial charge is 0.152 e. The summed E-state index contributed by atoms with van der Waals surface area (Å²) in [5.74, 6) is 0. The molecule has 0 atom stereocenters. The molecule has 52 valence electrons. The van der Waals surface area contributed by atoms with Crippen LogP contribution in [0.15, 0.2) is 18.5 Å². The summed E-state index contributed by atoms with van der Waals surface area (Å²) >= 11 is 0. The van der Waals surface area contributed by atoms with Crippen LogP contribution in [0.25, 0.3) is 0 Å². The largest absolute Gasteiger partial charge is 0.386 e. The number of hydrogen-bond acceptors (Lipinski definition) is 3. The standard InChI is InChI=1S/C7H8N2O/c1-8-7-4-9-3-2-6(7)5-10/h2-5,8H,1H3. The monoisotopic (exact) mass is 136 g/mol. The van der Waals surface area contributed by atoms with E-state index < -0.39 is 0 Å². The van der Waals surface area contributed by atoms with Gasteiger partial charge in [-0.1, -0.05) is 0 Å². The van der Waals surface area contributed by atoms with Crippen molar-refractivity contribution < 1.29 is 4.79 Å². The Morgan fingerprint density at radius 2 is 2.50 bits per heavy atom. The minimum atomic E-state index is 0.637. The predicted molar refractivity (Wildman–Crippen MR) is 39.2 cm³/mol. The molecule has 0 amide bonds. The second kappa shape index (κ2) is 2.96. The maximum absolute atomic E-state index is 10.3. The topological polar surface area (TPSA) is 42.0 Å². The van der Waals surface area contributed by atoms with Crippen molar-refractivity contribution in [2.24, 2.45) is 0 Å². The average Bonchev–Trinajstić information content (AvgIpc) is 2.04. The highest BCUT2D eigenvalue weighted by atomic mass is 16.1. The Kier molecular flexibility index (Phi) is 1.99.